The molecule has 1 aromatic heterocycles. The van der Waals surface area contributed by atoms with Crippen molar-refractivity contribution in [1.82, 2.24) is 10.1 Å². The quantitative estimate of drug-likeness (QED) is 0.922. The monoisotopic (exact) mass is 311 g/mol. The molecule has 1 N–H and O–H groups in total. The zero-order valence-corrected chi connectivity index (χ0v) is 12.4. The smallest absolute Gasteiger partial charge is 0.239 e. The van der Waals surface area contributed by atoms with Crippen LogP contribution in [0.2, 0.25) is 5.02 Å². The molecule has 0 aliphatic heterocycles. The molecule has 2 aromatic rings. The molecule has 1 aromatic carbocycles. The van der Waals surface area contributed by atoms with Crippen molar-refractivity contribution in [3.63, 3.8) is 0 Å². The van der Waals surface area contributed by atoms with E-state index < -0.39 is 0 Å². The van der Waals surface area contributed by atoms with E-state index in [2.05, 4.69) is 10.5 Å². The number of carbonyl (C=O) groups is 1. The van der Waals surface area contributed by atoms with Crippen LogP contribution in [0.25, 0.3) is 0 Å². The van der Waals surface area contributed by atoms with Crippen LogP contribution in [0.15, 0.2) is 28.8 Å². The van der Waals surface area contributed by atoms with E-state index in [-0.39, 0.29) is 24.8 Å². The van der Waals surface area contributed by atoms with E-state index in [0.717, 1.165) is 0 Å². The molecular formula is C14H15ClFN3O2. The van der Waals surface area contributed by atoms with Crippen LogP contribution in [0.5, 0.6) is 0 Å². The second-order valence-electron chi connectivity index (χ2n) is 4.74. The summed E-state index contributed by atoms with van der Waals surface area (Å²) in [6.45, 7) is 2.04. The molecule has 0 unspecified atom stereocenters. The molecule has 0 atom stereocenters. The third-order valence-electron chi connectivity index (χ3n) is 2.80. The number of halogens is 2. The summed E-state index contributed by atoms with van der Waals surface area (Å²) in [5.41, 5.74) is 0.367. The average molecular weight is 312 g/mol. The maximum atomic E-state index is 13.7. The number of nitrogens with zero attached hydrogens (tertiary/aromatic N) is 2. The standard InChI is InChI=1S/C14H15ClFN3O2/c1-9-6-13(18-21-9)17-14(20)8-19(2)7-10-11(15)4-3-5-12(10)16/h3-6H,7-8H2,1-2H3,(H,17,18,20). The number of hydrogen-bond donors (Lipinski definition) is 1. The molecular weight excluding hydrogens is 297 g/mol. The highest BCUT2D eigenvalue weighted by atomic mass is 35.5. The number of benzene rings is 1. The van der Waals surface area contributed by atoms with E-state index >= 15 is 0 Å². The summed E-state index contributed by atoms with van der Waals surface area (Å²) < 4.78 is 18.5. The summed E-state index contributed by atoms with van der Waals surface area (Å²) in [4.78, 5) is 13.5. The number of rotatable bonds is 5. The summed E-state index contributed by atoms with van der Waals surface area (Å²) in [5.74, 6) is 0.312. The van der Waals surface area contributed by atoms with Gasteiger partial charge in [0, 0.05) is 23.2 Å². The summed E-state index contributed by atoms with van der Waals surface area (Å²) in [7, 11) is 1.70. The van der Waals surface area contributed by atoms with Gasteiger partial charge in [0.2, 0.25) is 5.91 Å². The highest BCUT2D eigenvalue weighted by Gasteiger charge is 2.13. The first-order valence-electron chi connectivity index (χ1n) is 6.30. The first-order valence-corrected chi connectivity index (χ1v) is 6.68. The first kappa shape index (κ1) is 15.5. The normalized spacial score (nSPS) is 10.9. The predicted octanol–water partition coefficient (Wildman–Crippen LogP) is 2.85. The zero-order chi connectivity index (χ0) is 15.4. The fourth-order valence-corrected chi connectivity index (χ4v) is 2.08. The minimum Gasteiger partial charge on any atom is -0.360 e. The number of amides is 1. The first-order chi connectivity index (χ1) is 9.95. The van der Waals surface area contributed by atoms with Gasteiger partial charge in [-0.1, -0.05) is 22.8 Å². The van der Waals surface area contributed by atoms with E-state index in [1.54, 1.807) is 37.1 Å². The molecule has 21 heavy (non-hydrogen) atoms. The van der Waals surface area contributed by atoms with Crippen LogP contribution in [-0.2, 0) is 11.3 Å². The van der Waals surface area contributed by atoms with E-state index in [4.69, 9.17) is 16.1 Å². The van der Waals surface area contributed by atoms with Crippen LogP contribution in [0, 0.1) is 12.7 Å². The summed E-state index contributed by atoms with van der Waals surface area (Å²) in [6.07, 6.45) is 0. The van der Waals surface area contributed by atoms with Crippen LogP contribution in [-0.4, -0.2) is 29.6 Å². The SMILES string of the molecule is Cc1cc(NC(=O)CN(C)Cc2c(F)cccc2Cl)no1. The Balaban J connectivity index is 1.92. The lowest BCUT2D eigenvalue weighted by atomic mass is 10.2. The van der Waals surface area contributed by atoms with Crippen molar-refractivity contribution in [2.75, 3.05) is 18.9 Å². The third kappa shape index (κ3) is 4.27. The molecule has 0 bridgehead atoms. The van der Waals surface area contributed by atoms with Crippen LogP contribution in [0.4, 0.5) is 10.2 Å². The largest absolute Gasteiger partial charge is 0.360 e. The Morgan fingerprint density at radius 3 is 2.90 bits per heavy atom. The second-order valence-corrected chi connectivity index (χ2v) is 5.15. The fourth-order valence-electron chi connectivity index (χ4n) is 1.86. The van der Waals surface area contributed by atoms with Crippen molar-refractivity contribution < 1.29 is 13.7 Å². The Bertz CT molecular complexity index is 625. The van der Waals surface area contributed by atoms with Crippen LogP contribution in [0.1, 0.15) is 11.3 Å². The molecule has 0 spiro atoms. The Hall–Kier alpha value is -1.92. The molecule has 112 valence electrons. The van der Waals surface area contributed by atoms with Crippen molar-refractivity contribution in [3.05, 3.63) is 46.4 Å². The van der Waals surface area contributed by atoms with Gasteiger partial charge in [0.05, 0.1) is 6.54 Å². The van der Waals surface area contributed by atoms with Gasteiger partial charge in [-0.05, 0) is 26.1 Å². The maximum absolute atomic E-state index is 13.7. The number of nitrogens with one attached hydrogen (secondary N) is 1. The molecule has 1 heterocycles. The number of likely N-dealkylation sites (N-methyl/N-ethyl adjacent to an activating group) is 1. The Morgan fingerprint density at radius 2 is 2.29 bits per heavy atom. The lowest BCUT2D eigenvalue weighted by Gasteiger charge is -2.17. The van der Waals surface area contributed by atoms with Crippen LogP contribution >= 0.6 is 11.6 Å². The zero-order valence-electron chi connectivity index (χ0n) is 11.7. The van der Waals surface area contributed by atoms with E-state index in [9.17, 15) is 9.18 Å². The summed E-state index contributed by atoms with van der Waals surface area (Å²) in [6, 6.07) is 6.12. The molecule has 0 radical (unpaired) electrons. The molecule has 5 nitrogen and oxygen atoms in total. The molecule has 0 aliphatic rings. The molecule has 1 amide bonds. The lowest BCUT2D eigenvalue weighted by molar-refractivity contribution is -0.117. The highest BCUT2D eigenvalue weighted by Crippen LogP contribution is 2.20. The summed E-state index contributed by atoms with van der Waals surface area (Å²) >= 11 is 5.95. The van der Waals surface area contributed by atoms with Crippen molar-refractivity contribution in [2.24, 2.45) is 0 Å². The van der Waals surface area contributed by atoms with Crippen molar-refractivity contribution in [1.29, 1.82) is 0 Å². The van der Waals surface area contributed by atoms with Gasteiger partial charge in [0.25, 0.3) is 0 Å². The Labute approximate surface area is 126 Å². The molecule has 0 aliphatic carbocycles. The Morgan fingerprint density at radius 1 is 1.52 bits per heavy atom. The van der Waals surface area contributed by atoms with Gasteiger partial charge in [-0.3, -0.25) is 9.69 Å². The maximum Gasteiger partial charge on any atom is 0.239 e. The second kappa shape index (κ2) is 6.69. The van der Waals surface area contributed by atoms with Gasteiger partial charge in [0.15, 0.2) is 5.82 Å². The average Bonchev–Trinajstić information content (AvgIpc) is 2.79. The third-order valence-corrected chi connectivity index (χ3v) is 3.15. The molecule has 0 saturated heterocycles. The Kier molecular flexibility index (Phi) is 4.93. The van der Waals surface area contributed by atoms with E-state index in [0.29, 0.717) is 22.2 Å². The van der Waals surface area contributed by atoms with Gasteiger partial charge in [-0.15, -0.1) is 0 Å². The number of anilines is 1. The number of aryl methyl sites for hydroxylation is 1. The number of carbonyl (C=O) groups excluding carboxylic acids is 1. The van der Waals surface area contributed by atoms with Crippen molar-refractivity contribution in [2.45, 2.75) is 13.5 Å². The van der Waals surface area contributed by atoms with Crippen molar-refractivity contribution in [3.8, 4) is 0 Å². The van der Waals surface area contributed by atoms with Gasteiger partial charge in [0.1, 0.15) is 11.6 Å². The molecule has 0 fully saturated rings. The lowest BCUT2D eigenvalue weighted by Crippen LogP contribution is -2.30. The van der Waals surface area contributed by atoms with Gasteiger partial charge in [-0.25, -0.2) is 4.39 Å². The van der Waals surface area contributed by atoms with Crippen LogP contribution < -0.4 is 5.32 Å². The number of hydrogen-bond acceptors (Lipinski definition) is 4. The highest BCUT2D eigenvalue weighted by molar-refractivity contribution is 6.31. The van der Waals surface area contributed by atoms with Crippen LogP contribution in [0.3, 0.4) is 0 Å². The molecule has 0 saturated carbocycles. The summed E-state index contributed by atoms with van der Waals surface area (Å²) in [5, 5.41) is 6.61. The minimum atomic E-state index is -0.387. The van der Waals surface area contributed by atoms with Crippen molar-refractivity contribution >= 4 is 23.3 Å². The van der Waals surface area contributed by atoms with Gasteiger partial charge >= 0.3 is 0 Å². The number of aromatic nitrogens is 1. The fraction of sp³-hybridized carbons (Fsp3) is 0.286. The minimum absolute atomic E-state index is 0.0799. The van der Waals surface area contributed by atoms with Gasteiger partial charge in [-0.2, -0.15) is 0 Å². The van der Waals surface area contributed by atoms with E-state index in [1.165, 1.54) is 6.07 Å². The molecule has 7 heteroatoms. The predicted molar refractivity (Wildman–Crippen MR) is 77.6 cm³/mol. The van der Waals surface area contributed by atoms with Gasteiger partial charge < -0.3 is 9.84 Å². The molecule has 2 rings (SSSR count). The topological polar surface area (TPSA) is 58.4 Å². The van der Waals surface area contributed by atoms with E-state index in [1.807, 2.05) is 0 Å².